The van der Waals surface area contributed by atoms with E-state index in [0.29, 0.717) is 0 Å². The Bertz CT molecular complexity index is 635. The molecule has 1 saturated heterocycles. The first kappa shape index (κ1) is 17.7. The van der Waals surface area contributed by atoms with Crippen molar-refractivity contribution in [2.24, 2.45) is 0 Å². The number of hydrogen-bond acceptors (Lipinski definition) is 3. The predicted molar refractivity (Wildman–Crippen MR) is 99.1 cm³/mol. The van der Waals surface area contributed by atoms with Crippen molar-refractivity contribution in [3.63, 3.8) is 0 Å². The lowest BCUT2D eigenvalue weighted by molar-refractivity contribution is -0.00811. The minimum Gasteiger partial charge on any atom is -0.444 e. The Labute approximate surface area is 153 Å². The summed E-state index contributed by atoms with van der Waals surface area (Å²) in [4.78, 5) is 17.0. The zero-order chi connectivity index (χ0) is 17.5. The molecule has 5 heteroatoms. The van der Waals surface area contributed by atoms with E-state index in [2.05, 4.69) is 46.0 Å². The van der Waals surface area contributed by atoms with E-state index in [4.69, 9.17) is 4.74 Å². The van der Waals surface area contributed by atoms with Gasteiger partial charge in [-0.2, -0.15) is 0 Å². The van der Waals surface area contributed by atoms with Gasteiger partial charge in [0.1, 0.15) is 5.60 Å². The maximum atomic E-state index is 12.5. The molecule has 1 aromatic carbocycles. The number of hydrogen-bond donors (Lipinski definition) is 0. The Morgan fingerprint density at radius 2 is 2.00 bits per heavy atom. The monoisotopic (exact) mass is 394 g/mol. The molecular formula is C19H27BrN2O2. The molecule has 0 unspecified atom stereocenters. The van der Waals surface area contributed by atoms with Crippen LogP contribution in [0, 0.1) is 6.92 Å². The molecule has 3 rings (SSSR count). The van der Waals surface area contributed by atoms with Crippen molar-refractivity contribution in [2.45, 2.75) is 58.2 Å². The second kappa shape index (κ2) is 6.34. The normalized spacial score (nSPS) is 20.3. The summed E-state index contributed by atoms with van der Waals surface area (Å²) in [7, 11) is 0. The summed E-state index contributed by atoms with van der Waals surface area (Å²) >= 11 is 3.56. The third-order valence-electron chi connectivity index (χ3n) is 4.88. The number of piperazine rings is 1. The summed E-state index contributed by atoms with van der Waals surface area (Å²) in [5, 5.41) is 0. The Kier molecular flexibility index (Phi) is 4.69. The third-order valence-corrected chi connectivity index (χ3v) is 5.37. The summed E-state index contributed by atoms with van der Waals surface area (Å²) in [6.07, 6.45) is 2.01. The largest absolute Gasteiger partial charge is 0.444 e. The molecule has 1 aliphatic carbocycles. The van der Waals surface area contributed by atoms with Gasteiger partial charge in [-0.05, 0) is 63.8 Å². The van der Waals surface area contributed by atoms with Crippen LogP contribution < -0.4 is 0 Å². The molecular weight excluding hydrogens is 368 g/mol. The van der Waals surface area contributed by atoms with E-state index in [-0.39, 0.29) is 11.6 Å². The van der Waals surface area contributed by atoms with Crippen LogP contribution in [0.2, 0.25) is 0 Å². The zero-order valence-electron chi connectivity index (χ0n) is 15.1. The number of carbonyl (C=O) groups is 1. The maximum Gasteiger partial charge on any atom is 0.410 e. The SMILES string of the molecule is Cc1ccc(Br)cc1CN1CCN(C(=O)OC(C)(C)C)C2(CC2)C1. The van der Waals surface area contributed by atoms with Crippen LogP contribution in [0.4, 0.5) is 4.79 Å². The Morgan fingerprint density at radius 1 is 1.29 bits per heavy atom. The van der Waals surface area contributed by atoms with Crippen LogP contribution in [0.25, 0.3) is 0 Å². The van der Waals surface area contributed by atoms with Gasteiger partial charge >= 0.3 is 6.09 Å². The summed E-state index contributed by atoms with van der Waals surface area (Å²) < 4.78 is 6.73. The molecule has 1 aromatic rings. The third kappa shape index (κ3) is 3.94. The van der Waals surface area contributed by atoms with E-state index >= 15 is 0 Å². The molecule has 24 heavy (non-hydrogen) atoms. The van der Waals surface area contributed by atoms with Gasteiger partial charge < -0.3 is 4.74 Å². The van der Waals surface area contributed by atoms with Gasteiger partial charge in [0.2, 0.25) is 0 Å². The Balaban J connectivity index is 1.66. The molecule has 1 spiro atoms. The second-order valence-corrected chi connectivity index (χ2v) is 9.05. The van der Waals surface area contributed by atoms with Crippen LogP contribution in [0.15, 0.2) is 22.7 Å². The van der Waals surface area contributed by atoms with Crippen LogP contribution in [-0.2, 0) is 11.3 Å². The highest BCUT2D eigenvalue weighted by molar-refractivity contribution is 9.10. The van der Waals surface area contributed by atoms with Crippen molar-refractivity contribution in [1.82, 2.24) is 9.80 Å². The standard InChI is InChI=1S/C19H27BrN2O2/c1-14-5-6-16(20)11-15(14)12-21-9-10-22(19(13-21)7-8-19)17(23)24-18(2,3)4/h5-6,11H,7-10,12-13H2,1-4H3. The molecule has 0 atom stereocenters. The van der Waals surface area contributed by atoms with Gasteiger partial charge in [0, 0.05) is 30.7 Å². The first-order chi connectivity index (χ1) is 11.2. The van der Waals surface area contributed by atoms with Gasteiger partial charge in [0.05, 0.1) is 5.54 Å². The van der Waals surface area contributed by atoms with Gasteiger partial charge in [-0.1, -0.05) is 22.0 Å². The van der Waals surface area contributed by atoms with Gasteiger partial charge in [-0.25, -0.2) is 4.79 Å². The van der Waals surface area contributed by atoms with Gasteiger partial charge in [0.15, 0.2) is 0 Å². The number of ether oxygens (including phenoxy) is 1. The van der Waals surface area contributed by atoms with Crippen molar-refractivity contribution in [1.29, 1.82) is 0 Å². The van der Waals surface area contributed by atoms with Crippen LogP contribution in [0.1, 0.15) is 44.7 Å². The van der Waals surface area contributed by atoms with Crippen LogP contribution in [0.5, 0.6) is 0 Å². The minimum absolute atomic E-state index is 0.000497. The van der Waals surface area contributed by atoms with Crippen molar-refractivity contribution < 1.29 is 9.53 Å². The fraction of sp³-hybridized carbons (Fsp3) is 0.632. The summed E-state index contributed by atoms with van der Waals surface area (Å²) in [5.41, 5.74) is 2.24. The average Bonchev–Trinajstić information content (AvgIpc) is 3.20. The van der Waals surface area contributed by atoms with Crippen molar-refractivity contribution in [3.05, 3.63) is 33.8 Å². The highest BCUT2D eigenvalue weighted by atomic mass is 79.9. The number of halogens is 1. The summed E-state index contributed by atoms with van der Waals surface area (Å²) in [6.45, 7) is 11.5. The molecule has 2 fully saturated rings. The first-order valence-electron chi connectivity index (χ1n) is 8.67. The van der Waals surface area contributed by atoms with E-state index in [1.54, 1.807) is 0 Å². The van der Waals surface area contributed by atoms with E-state index < -0.39 is 5.60 Å². The Hall–Kier alpha value is -1.07. The van der Waals surface area contributed by atoms with Crippen molar-refractivity contribution in [2.75, 3.05) is 19.6 Å². The van der Waals surface area contributed by atoms with Crippen LogP contribution >= 0.6 is 15.9 Å². The molecule has 2 aliphatic rings. The van der Waals surface area contributed by atoms with Gasteiger partial charge in [-0.15, -0.1) is 0 Å². The summed E-state index contributed by atoms with van der Waals surface area (Å²) in [5.74, 6) is 0. The number of carbonyl (C=O) groups excluding carboxylic acids is 1. The highest BCUT2D eigenvalue weighted by Gasteiger charge is 2.54. The molecule has 1 amide bonds. The fourth-order valence-electron chi connectivity index (χ4n) is 3.42. The molecule has 1 aliphatic heterocycles. The number of benzene rings is 1. The predicted octanol–water partition coefficient (Wildman–Crippen LogP) is 4.34. The molecule has 4 nitrogen and oxygen atoms in total. The van der Waals surface area contributed by atoms with Crippen molar-refractivity contribution >= 4 is 22.0 Å². The molecule has 0 N–H and O–H groups in total. The molecule has 0 radical (unpaired) electrons. The quantitative estimate of drug-likeness (QED) is 0.747. The van der Waals surface area contributed by atoms with E-state index in [1.165, 1.54) is 11.1 Å². The van der Waals surface area contributed by atoms with Crippen LogP contribution in [-0.4, -0.2) is 46.7 Å². The topological polar surface area (TPSA) is 32.8 Å². The fourth-order valence-corrected chi connectivity index (χ4v) is 3.83. The Morgan fingerprint density at radius 3 is 2.62 bits per heavy atom. The lowest BCUT2D eigenvalue weighted by Gasteiger charge is -2.42. The van der Waals surface area contributed by atoms with E-state index in [1.807, 2.05) is 25.7 Å². The number of amides is 1. The molecule has 0 aromatic heterocycles. The highest BCUT2D eigenvalue weighted by Crippen LogP contribution is 2.45. The molecule has 132 valence electrons. The average molecular weight is 395 g/mol. The van der Waals surface area contributed by atoms with Crippen LogP contribution in [0.3, 0.4) is 0 Å². The molecule has 1 saturated carbocycles. The number of aryl methyl sites for hydroxylation is 1. The first-order valence-corrected chi connectivity index (χ1v) is 9.46. The number of nitrogens with zero attached hydrogens (tertiary/aromatic N) is 2. The zero-order valence-corrected chi connectivity index (χ0v) is 16.6. The molecule has 0 bridgehead atoms. The second-order valence-electron chi connectivity index (χ2n) is 8.14. The maximum absolute atomic E-state index is 12.5. The van der Waals surface area contributed by atoms with Gasteiger partial charge in [-0.3, -0.25) is 9.80 Å². The summed E-state index contributed by atoms with van der Waals surface area (Å²) in [6, 6.07) is 6.44. The smallest absolute Gasteiger partial charge is 0.410 e. The van der Waals surface area contributed by atoms with Gasteiger partial charge in [0.25, 0.3) is 0 Å². The van der Waals surface area contributed by atoms with Crippen molar-refractivity contribution in [3.8, 4) is 0 Å². The minimum atomic E-state index is -0.433. The van der Waals surface area contributed by atoms with E-state index in [0.717, 1.165) is 43.5 Å². The number of rotatable bonds is 2. The lowest BCUT2D eigenvalue weighted by Crippen LogP contribution is -2.57. The molecule has 1 heterocycles. The lowest BCUT2D eigenvalue weighted by atomic mass is 10.1. The van der Waals surface area contributed by atoms with E-state index in [9.17, 15) is 4.79 Å².